The largest absolute Gasteiger partial charge is 0.309 e. The second-order valence-corrected chi connectivity index (χ2v) is 16.6. The van der Waals surface area contributed by atoms with E-state index in [1.165, 1.54) is 56.9 Å². The summed E-state index contributed by atoms with van der Waals surface area (Å²) in [6, 6.07) is 67.6. The number of hydrogen-bond acceptors (Lipinski definition) is 4. The minimum absolute atomic E-state index is 0.708. The lowest BCUT2D eigenvalue weighted by Crippen LogP contribution is -1.97. The molecule has 5 heteroatoms. The molecular weight excluding hydrogens is 731 g/mol. The van der Waals surface area contributed by atoms with E-state index in [2.05, 4.69) is 180 Å². The van der Waals surface area contributed by atoms with E-state index in [1.807, 2.05) is 34.8 Å². The Morgan fingerprint density at radius 3 is 1.60 bits per heavy atom. The van der Waals surface area contributed by atoms with Gasteiger partial charge in [-0.1, -0.05) is 146 Å². The minimum Gasteiger partial charge on any atom is -0.309 e. The van der Waals surface area contributed by atoms with Crippen molar-refractivity contribution in [3.8, 4) is 50.7 Å². The highest BCUT2D eigenvalue weighted by molar-refractivity contribution is 7.27. The van der Waals surface area contributed by atoms with Crippen LogP contribution in [0.25, 0.3) is 113 Å². The van der Waals surface area contributed by atoms with Gasteiger partial charge < -0.3 is 4.57 Å². The van der Waals surface area contributed by atoms with Crippen molar-refractivity contribution in [3.05, 3.63) is 188 Å². The zero-order valence-electron chi connectivity index (χ0n) is 30.6. The van der Waals surface area contributed by atoms with Crippen molar-refractivity contribution in [2.75, 3.05) is 0 Å². The number of aromatic nitrogens is 3. The van der Waals surface area contributed by atoms with E-state index in [0.717, 1.165) is 50.2 Å². The fourth-order valence-electron chi connectivity index (χ4n) is 8.67. The molecule has 0 unspecified atom stereocenters. The molecule has 12 aromatic rings. The fraction of sp³-hybridized carbons (Fsp3) is 0. The smallest absolute Gasteiger partial charge is 0.161 e. The molecular formula is C52H31N3S2. The number of thiophene rings is 2. The molecule has 0 aliphatic carbocycles. The topological polar surface area (TPSA) is 30.7 Å². The van der Waals surface area contributed by atoms with E-state index in [-0.39, 0.29) is 0 Å². The van der Waals surface area contributed by atoms with Crippen LogP contribution in [-0.2, 0) is 0 Å². The maximum atomic E-state index is 5.29. The second-order valence-electron chi connectivity index (χ2n) is 14.5. The van der Waals surface area contributed by atoms with E-state index in [9.17, 15) is 0 Å². The van der Waals surface area contributed by atoms with Gasteiger partial charge in [-0.05, 0) is 42.5 Å². The second kappa shape index (κ2) is 12.8. The molecule has 0 saturated carbocycles. The molecule has 0 fully saturated rings. The van der Waals surface area contributed by atoms with Crippen LogP contribution in [0, 0.1) is 0 Å². The highest BCUT2D eigenvalue weighted by atomic mass is 32.1. The number of hydrogen-bond donors (Lipinski definition) is 0. The van der Waals surface area contributed by atoms with Gasteiger partial charge in [-0.3, -0.25) is 0 Å². The molecule has 0 aliphatic heterocycles. The Balaban J connectivity index is 1.15. The van der Waals surface area contributed by atoms with Gasteiger partial charge in [-0.15, -0.1) is 22.7 Å². The van der Waals surface area contributed by atoms with E-state index >= 15 is 0 Å². The highest BCUT2D eigenvalue weighted by Gasteiger charge is 2.22. The van der Waals surface area contributed by atoms with Gasteiger partial charge in [-0.25, -0.2) is 9.97 Å². The van der Waals surface area contributed by atoms with Crippen molar-refractivity contribution >= 4 is 84.8 Å². The van der Waals surface area contributed by atoms with Crippen LogP contribution in [0.3, 0.4) is 0 Å². The van der Waals surface area contributed by atoms with Gasteiger partial charge in [0.1, 0.15) is 0 Å². The maximum Gasteiger partial charge on any atom is 0.161 e. The average Bonchev–Trinajstić information content (AvgIpc) is 3.96. The van der Waals surface area contributed by atoms with Crippen molar-refractivity contribution in [3.63, 3.8) is 0 Å². The molecule has 8 aromatic carbocycles. The summed E-state index contributed by atoms with van der Waals surface area (Å²) in [5.41, 5.74) is 10.9. The highest BCUT2D eigenvalue weighted by Crippen LogP contribution is 2.47. The Labute approximate surface area is 336 Å². The number of rotatable bonds is 5. The summed E-state index contributed by atoms with van der Waals surface area (Å²) in [5.74, 6) is 0.708. The zero-order valence-corrected chi connectivity index (χ0v) is 32.2. The lowest BCUT2D eigenvalue weighted by atomic mass is 9.99. The summed E-state index contributed by atoms with van der Waals surface area (Å²) in [7, 11) is 0. The van der Waals surface area contributed by atoms with Crippen LogP contribution in [0.4, 0.5) is 0 Å². The van der Waals surface area contributed by atoms with Crippen molar-refractivity contribution in [1.82, 2.24) is 14.5 Å². The van der Waals surface area contributed by atoms with Crippen LogP contribution >= 0.6 is 22.7 Å². The Morgan fingerprint density at radius 2 is 0.895 bits per heavy atom. The summed E-state index contributed by atoms with van der Waals surface area (Å²) >= 11 is 3.78. The molecule has 266 valence electrons. The Kier molecular flexibility index (Phi) is 7.27. The van der Waals surface area contributed by atoms with Crippen molar-refractivity contribution in [1.29, 1.82) is 0 Å². The van der Waals surface area contributed by atoms with E-state index in [1.54, 1.807) is 0 Å². The molecule has 4 aromatic heterocycles. The summed E-state index contributed by atoms with van der Waals surface area (Å²) in [5, 5.41) is 7.48. The predicted molar refractivity (Wildman–Crippen MR) is 244 cm³/mol. The molecule has 0 radical (unpaired) electrons. The first-order chi connectivity index (χ1) is 28.3. The van der Waals surface area contributed by atoms with E-state index < -0.39 is 0 Å². The van der Waals surface area contributed by atoms with Gasteiger partial charge in [0.05, 0.1) is 22.4 Å². The van der Waals surface area contributed by atoms with Crippen LogP contribution < -0.4 is 0 Å². The summed E-state index contributed by atoms with van der Waals surface area (Å²) in [6.07, 6.45) is 0. The first-order valence-electron chi connectivity index (χ1n) is 19.2. The third-order valence-electron chi connectivity index (χ3n) is 11.2. The van der Waals surface area contributed by atoms with Gasteiger partial charge in [0.2, 0.25) is 0 Å². The number of para-hydroxylation sites is 1. The first kappa shape index (κ1) is 32.3. The van der Waals surface area contributed by atoms with Crippen LogP contribution in [0.5, 0.6) is 0 Å². The average molecular weight is 762 g/mol. The SMILES string of the molecule is c1ccc(-c2cc(-c3ccccc3)nc(-c3cccc4c3c3ccccc3n4-c3cc(-c4cccc5c4sc4ccccc45)c4sc5ccccc5c4c3)n2)cc1. The van der Waals surface area contributed by atoms with Crippen LogP contribution in [0.1, 0.15) is 0 Å². The Bertz CT molecular complexity index is 3460. The van der Waals surface area contributed by atoms with Gasteiger partial charge in [0, 0.05) is 84.6 Å². The normalized spacial score (nSPS) is 11.9. The minimum atomic E-state index is 0.708. The lowest BCUT2D eigenvalue weighted by molar-refractivity contribution is 1.18. The quantitative estimate of drug-likeness (QED) is 0.175. The molecule has 0 bridgehead atoms. The van der Waals surface area contributed by atoms with E-state index in [0.29, 0.717) is 5.82 Å². The maximum absolute atomic E-state index is 5.29. The number of benzene rings is 8. The van der Waals surface area contributed by atoms with Gasteiger partial charge in [0.25, 0.3) is 0 Å². The summed E-state index contributed by atoms with van der Waals surface area (Å²) in [4.78, 5) is 10.6. The van der Waals surface area contributed by atoms with E-state index in [4.69, 9.17) is 9.97 Å². The molecule has 0 spiro atoms. The third-order valence-corrected chi connectivity index (χ3v) is 13.7. The van der Waals surface area contributed by atoms with Crippen LogP contribution in [0.15, 0.2) is 188 Å². The van der Waals surface area contributed by atoms with Crippen LogP contribution in [0.2, 0.25) is 0 Å². The van der Waals surface area contributed by atoms with Gasteiger partial charge >= 0.3 is 0 Å². The lowest BCUT2D eigenvalue weighted by Gasteiger charge is -2.13. The zero-order chi connectivity index (χ0) is 37.5. The molecule has 57 heavy (non-hydrogen) atoms. The number of fused-ring (bicyclic) bond motifs is 9. The standard InChI is InChI=1S/C52H31N3S2/c1-3-15-32(16-4-1)43-31-44(33-17-5-2-6-18-33)54-52(53-43)40-24-14-26-46-49(40)39-21-7-10-25-45(39)55(46)34-29-41-36-20-9-12-28-48(36)57-51(41)42(30-34)38-23-13-22-37-35-19-8-11-27-47(35)56-50(37)38/h1-31H. The van der Waals surface area contributed by atoms with Gasteiger partial charge in [0.15, 0.2) is 5.82 Å². The van der Waals surface area contributed by atoms with Crippen molar-refractivity contribution in [2.24, 2.45) is 0 Å². The summed E-state index contributed by atoms with van der Waals surface area (Å²) in [6.45, 7) is 0. The summed E-state index contributed by atoms with van der Waals surface area (Å²) < 4.78 is 7.69. The molecule has 0 N–H and O–H groups in total. The third kappa shape index (κ3) is 5.10. The number of nitrogens with zero attached hydrogens (tertiary/aromatic N) is 3. The monoisotopic (exact) mass is 761 g/mol. The first-order valence-corrected chi connectivity index (χ1v) is 20.8. The Hall–Kier alpha value is -6.92. The van der Waals surface area contributed by atoms with Crippen LogP contribution in [-0.4, -0.2) is 14.5 Å². The predicted octanol–water partition coefficient (Wildman–Crippen LogP) is 15.0. The Morgan fingerprint density at radius 1 is 0.368 bits per heavy atom. The molecule has 0 atom stereocenters. The van der Waals surface area contributed by atoms with Crippen molar-refractivity contribution in [2.45, 2.75) is 0 Å². The van der Waals surface area contributed by atoms with Crippen molar-refractivity contribution < 1.29 is 0 Å². The fourth-order valence-corrected chi connectivity index (χ4v) is 11.1. The van der Waals surface area contributed by atoms with Gasteiger partial charge in [-0.2, -0.15) is 0 Å². The molecule has 4 heterocycles. The molecule has 12 rings (SSSR count). The molecule has 0 amide bonds. The molecule has 0 saturated heterocycles. The molecule has 0 aliphatic rings. The molecule has 3 nitrogen and oxygen atoms in total.